The Balaban J connectivity index is 1.98. The first-order valence-corrected chi connectivity index (χ1v) is 5.74. The van der Waals surface area contributed by atoms with E-state index in [-0.39, 0.29) is 17.4 Å². The molecule has 0 atom stereocenters. The van der Waals surface area contributed by atoms with Crippen LogP contribution in [0.1, 0.15) is 36.0 Å². The van der Waals surface area contributed by atoms with Gasteiger partial charge in [0.1, 0.15) is 11.6 Å². The third-order valence-corrected chi connectivity index (χ3v) is 3.00. The molecule has 1 N–H and O–H groups in total. The Hall–Kier alpha value is -1.71. The number of rotatable bonds is 2. The molecule has 4 heteroatoms. The lowest BCUT2D eigenvalue weighted by atomic mass is 9.94. The molecule has 1 fully saturated rings. The summed E-state index contributed by atoms with van der Waals surface area (Å²) in [7, 11) is 0. The first-order chi connectivity index (χ1) is 8.16. The van der Waals surface area contributed by atoms with Crippen molar-refractivity contribution in [3.63, 3.8) is 0 Å². The van der Waals surface area contributed by atoms with E-state index in [1.165, 1.54) is 12.1 Å². The van der Waals surface area contributed by atoms with Gasteiger partial charge in [-0.05, 0) is 25.0 Å². The maximum atomic E-state index is 13.3. The molecule has 0 spiro atoms. The largest absolute Gasteiger partial charge is 0.349 e. The van der Waals surface area contributed by atoms with Crippen LogP contribution in [-0.2, 0) is 4.79 Å². The number of ketones is 1. The maximum absolute atomic E-state index is 13.3. The number of hydrogen-bond acceptors (Lipinski definition) is 2. The molecule has 0 aliphatic heterocycles. The number of hydrogen-bond donors (Lipinski definition) is 1. The predicted molar refractivity (Wildman–Crippen MR) is 61.1 cm³/mol. The predicted octanol–water partition coefficient (Wildman–Crippen LogP) is 2.07. The van der Waals surface area contributed by atoms with Gasteiger partial charge in [0.15, 0.2) is 0 Å². The number of carbonyl (C=O) groups excluding carboxylic acids is 2. The minimum Gasteiger partial charge on any atom is -0.349 e. The second-order valence-electron chi connectivity index (χ2n) is 4.27. The number of halogens is 1. The summed E-state index contributed by atoms with van der Waals surface area (Å²) in [6, 6.07) is 5.88. The molecule has 1 aromatic carbocycles. The van der Waals surface area contributed by atoms with E-state index in [0.717, 1.165) is 0 Å². The number of Topliss-reactive ketones (excluding diaryl/α,β-unsaturated/α-hetero) is 1. The summed E-state index contributed by atoms with van der Waals surface area (Å²) in [4.78, 5) is 22.8. The van der Waals surface area contributed by atoms with Crippen LogP contribution in [0, 0.1) is 5.82 Å². The van der Waals surface area contributed by atoms with E-state index in [0.29, 0.717) is 25.7 Å². The zero-order chi connectivity index (χ0) is 12.3. The van der Waals surface area contributed by atoms with Gasteiger partial charge in [-0.15, -0.1) is 0 Å². The molecule has 0 heterocycles. The van der Waals surface area contributed by atoms with Gasteiger partial charge in [0.2, 0.25) is 0 Å². The van der Waals surface area contributed by atoms with E-state index in [2.05, 4.69) is 5.32 Å². The molecular formula is C13H14FNO2. The van der Waals surface area contributed by atoms with Crippen LogP contribution in [0.25, 0.3) is 0 Å². The monoisotopic (exact) mass is 235 g/mol. The van der Waals surface area contributed by atoms with Crippen LogP contribution in [0.15, 0.2) is 24.3 Å². The van der Waals surface area contributed by atoms with Crippen molar-refractivity contribution in [2.75, 3.05) is 0 Å². The Morgan fingerprint density at radius 1 is 1.24 bits per heavy atom. The fourth-order valence-corrected chi connectivity index (χ4v) is 1.99. The fourth-order valence-electron chi connectivity index (χ4n) is 1.99. The Morgan fingerprint density at radius 3 is 2.53 bits per heavy atom. The molecule has 0 unspecified atom stereocenters. The summed E-state index contributed by atoms with van der Waals surface area (Å²) < 4.78 is 13.3. The first kappa shape index (κ1) is 11.8. The van der Waals surface area contributed by atoms with Gasteiger partial charge in [0.25, 0.3) is 5.91 Å². The summed E-state index contributed by atoms with van der Waals surface area (Å²) in [5, 5.41) is 2.77. The summed E-state index contributed by atoms with van der Waals surface area (Å²) in [5.74, 6) is -0.680. The Morgan fingerprint density at radius 2 is 1.88 bits per heavy atom. The third-order valence-electron chi connectivity index (χ3n) is 3.00. The number of carbonyl (C=O) groups is 2. The summed E-state index contributed by atoms with van der Waals surface area (Å²) in [6.45, 7) is 0. The first-order valence-electron chi connectivity index (χ1n) is 5.74. The molecule has 90 valence electrons. The highest BCUT2D eigenvalue weighted by Crippen LogP contribution is 2.16. The van der Waals surface area contributed by atoms with Gasteiger partial charge in [-0.25, -0.2) is 4.39 Å². The van der Waals surface area contributed by atoms with Gasteiger partial charge in [-0.3, -0.25) is 9.59 Å². The molecule has 1 amide bonds. The van der Waals surface area contributed by atoms with Crippen molar-refractivity contribution in [1.82, 2.24) is 5.32 Å². The van der Waals surface area contributed by atoms with Crippen molar-refractivity contribution in [2.45, 2.75) is 31.7 Å². The van der Waals surface area contributed by atoms with Gasteiger partial charge in [-0.1, -0.05) is 12.1 Å². The van der Waals surface area contributed by atoms with Gasteiger partial charge in [0, 0.05) is 18.9 Å². The van der Waals surface area contributed by atoms with Crippen LogP contribution >= 0.6 is 0 Å². The molecule has 0 aromatic heterocycles. The molecule has 1 saturated carbocycles. The third kappa shape index (κ3) is 2.90. The van der Waals surface area contributed by atoms with Gasteiger partial charge in [-0.2, -0.15) is 0 Å². The zero-order valence-corrected chi connectivity index (χ0v) is 9.41. The minimum atomic E-state index is -0.517. The molecular weight excluding hydrogens is 221 g/mol. The molecule has 0 radical (unpaired) electrons. The highest BCUT2D eigenvalue weighted by Gasteiger charge is 2.21. The fraction of sp³-hybridized carbons (Fsp3) is 0.385. The lowest BCUT2D eigenvalue weighted by molar-refractivity contribution is -0.120. The Bertz CT molecular complexity index is 435. The number of benzene rings is 1. The lowest BCUT2D eigenvalue weighted by Crippen LogP contribution is -2.38. The molecule has 3 nitrogen and oxygen atoms in total. The highest BCUT2D eigenvalue weighted by atomic mass is 19.1. The SMILES string of the molecule is O=C1CCC(NC(=O)c2ccccc2F)CC1. The average molecular weight is 235 g/mol. The summed E-state index contributed by atoms with van der Waals surface area (Å²) >= 11 is 0. The van der Waals surface area contributed by atoms with Gasteiger partial charge >= 0.3 is 0 Å². The van der Waals surface area contributed by atoms with Crippen LogP contribution in [0.4, 0.5) is 4.39 Å². The van der Waals surface area contributed by atoms with Crippen molar-refractivity contribution in [1.29, 1.82) is 0 Å². The van der Waals surface area contributed by atoms with Gasteiger partial charge < -0.3 is 5.32 Å². The van der Waals surface area contributed by atoms with Crippen molar-refractivity contribution < 1.29 is 14.0 Å². The van der Waals surface area contributed by atoms with Crippen LogP contribution in [0.2, 0.25) is 0 Å². The standard InChI is InChI=1S/C13H14FNO2/c14-12-4-2-1-3-11(12)13(17)15-9-5-7-10(16)8-6-9/h1-4,9H,5-8H2,(H,15,17). The normalized spacial score (nSPS) is 16.9. The van der Waals surface area contributed by atoms with E-state index in [4.69, 9.17) is 0 Å². The second kappa shape index (κ2) is 5.08. The number of amides is 1. The van der Waals surface area contributed by atoms with E-state index in [9.17, 15) is 14.0 Å². The van der Waals surface area contributed by atoms with Crippen molar-refractivity contribution >= 4 is 11.7 Å². The van der Waals surface area contributed by atoms with Crippen LogP contribution in [0.3, 0.4) is 0 Å². The lowest BCUT2D eigenvalue weighted by Gasteiger charge is -2.22. The molecule has 1 aromatic rings. The summed E-state index contributed by atoms with van der Waals surface area (Å²) in [6.07, 6.45) is 2.31. The molecule has 1 aliphatic carbocycles. The second-order valence-corrected chi connectivity index (χ2v) is 4.27. The molecule has 0 saturated heterocycles. The minimum absolute atomic E-state index is 0.0141. The maximum Gasteiger partial charge on any atom is 0.254 e. The topological polar surface area (TPSA) is 46.2 Å². The Kier molecular flexibility index (Phi) is 3.52. The van der Waals surface area contributed by atoms with Crippen molar-refractivity contribution in [2.24, 2.45) is 0 Å². The average Bonchev–Trinajstić information content (AvgIpc) is 2.32. The summed E-state index contributed by atoms with van der Waals surface area (Å²) in [5.41, 5.74) is 0.0596. The van der Waals surface area contributed by atoms with E-state index >= 15 is 0 Å². The highest BCUT2D eigenvalue weighted by molar-refractivity contribution is 5.94. The zero-order valence-electron chi connectivity index (χ0n) is 9.41. The van der Waals surface area contributed by atoms with Crippen LogP contribution in [0.5, 0.6) is 0 Å². The number of nitrogens with one attached hydrogen (secondary N) is 1. The molecule has 2 rings (SSSR count). The van der Waals surface area contributed by atoms with Crippen LogP contribution in [-0.4, -0.2) is 17.7 Å². The van der Waals surface area contributed by atoms with Crippen molar-refractivity contribution in [3.8, 4) is 0 Å². The molecule has 17 heavy (non-hydrogen) atoms. The van der Waals surface area contributed by atoms with E-state index < -0.39 is 11.7 Å². The van der Waals surface area contributed by atoms with Crippen molar-refractivity contribution in [3.05, 3.63) is 35.6 Å². The van der Waals surface area contributed by atoms with E-state index in [1.807, 2.05) is 0 Å². The van der Waals surface area contributed by atoms with Gasteiger partial charge in [0.05, 0.1) is 5.56 Å². The Labute approximate surface area is 99.0 Å². The van der Waals surface area contributed by atoms with Crippen LogP contribution < -0.4 is 5.32 Å². The van der Waals surface area contributed by atoms with E-state index in [1.54, 1.807) is 12.1 Å². The smallest absolute Gasteiger partial charge is 0.254 e. The molecule has 1 aliphatic rings. The quantitative estimate of drug-likeness (QED) is 0.852. The molecule has 0 bridgehead atoms.